The molecule has 1 aromatic carbocycles. The molecule has 19 heavy (non-hydrogen) atoms. The van der Waals surface area contributed by atoms with Gasteiger partial charge in [-0.05, 0) is 18.4 Å². The number of hydrogen-bond acceptors (Lipinski definition) is 2. The van der Waals surface area contributed by atoms with Gasteiger partial charge in [0, 0.05) is 25.6 Å². The zero-order valence-electron chi connectivity index (χ0n) is 11.8. The van der Waals surface area contributed by atoms with Crippen molar-refractivity contribution < 1.29 is 4.79 Å². The molecule has 4 heteroatoms. The van der Waals surface area contributed by atoms with E-state index in [1.807, 2.05) is 35.2 Å². The molecule has 1 amide bonds. The highest BCUT2D eigenvalue weighted by Gasteiger charge is 2.16. The number of nitrogens with zero attached hydrogens (tertiary/aromatic N) is 1. The number of benzene rings is 1. The van der Waals surface area contributed by atoms with E-state index in [0.717, 1.165) is 31.5 Å². The molecule has 0 spiro atoms. The van der Waals surface area contributed by atoms with Crippen molar-refractivity contribution in [2.75, 3.05) is 13.1 Å². The summed E-state index contributed by atoms with van der Waals surface area (Å²) in [6.07, 6.45) is 2.38. The van der Waals surface area contributed by atoms with Crippen molar-refractivity contribution in [3.05, 3.63) is 35.9 Å². The van der Waals surface area contributed by atoms with Crippen LogP contribution in [0.5, 0.6) is 0 Å². The van der Waals surface area contributed by atoms with Crippen molar-refractivity contribution in [2.24, 2.45) is 5.73 Å². The molecule has 1 atom stereocenters. The van der Waals surface area contributed by atoms with E-state index in [0.29, 0.717) is 6.42 Å². The zero-order chi connectivity index (χ0) is 13.4. The summed E-state index contributed by atoms with van der Waals surface area (Å²) in [5.74, 6) is 0.162. The largest absolute Gasteiger partial charge is 0.343 e. The lowest BCUT2D eigenvalue weighted by molar-refractivity contribution is -0.131. The molecule has 0 radical (unpaired) electrons. The first-order valence-corrected chi connectivity index (χ1v) is 6.77. The van der Waals surface area contributed by atoms with Crippen LogP contribution in [-0.4, -0.2) is 23.9 Å². The normalized spacial score (nSPS) is 11.5. The van der Waals surface area contributed by atoms with Crippen LogP contribution < -0.4 is 5.73 Å². The van der Waals surface area contributed by atoms with E-state index in [9.17, 15) is 4.79 Å². The standard InChI is InChI=1S/C15H24N2O.ClH/c1-3-10-17(11-4-2)15(18)12-14(16)13-8-6-5-7-9-13;/h5-9,14H,3-4,10-12,16H2,1-2H3;1H. The van der Waals surface area contributed by atoms with Gasteiger partial charge in [0.15, 0.2) is 0 Å². The summed E-state index contributed by atoms with van der Waals surface area (Å²) >= 11 is 0. The Morgan fingerprint density at radius 3 is 2.16 bits per heavy atom. The van der Waals surface area contributed by atoms with E-state index in [4.69, 9.17) is 5.73 Å². The molecule has 0 heterocycles. The number of carbonyl (C=O) groups excluding carboxylic acids is 1. The molecule has 0 aliphatic heterocycles. The van der Waals surface area contributed by atoms with E-state index >= 15 is 0 Å². The number of carbonyl (C=O) groups is 1. The lowest BCUT2D eigenvalue weighted by atomic mass is 10.0. The first-order chi connectivity index (χ1) is 8.69. The summed E-state index contributed by atoms with van der Waals surface area (Å²) < 4.78 is 0. The third-order valence-electron chi connectivity index (χ3n) is 2.96. The van der Waals surface area contributed by atoms with Crippen LogP contribution in [0.4, 0.5) is 0 Å². The number of rotatable bonds is 7. The van der Waals surface area contributed by atoms with Gasteiger partial charge >= 0.3 is 0 Å². The fraction of sp³-hybridized carbons (Fsp3) is 0.533. The minimum absolute atomic E-state index is 0. The second-order valence-electron chi connectivity index (χ2n) is 4.60. The molecular weight excluding hydrogens is 260 g/mol. The molecule has 1 unspecified atom stereocenters. The Hall–Kier alpha value is -1.06. The molecule has 0 aliphatic rings. The quantitative estimate of drug-likeness (QED) is 0.836. The van der Waals surface area contributed by atoms with Crippen LogP contribution in [0.25, 0.3) is 0 Å². The van der Waals surface area contributed by atoms with Crippen LogP contribution in [0.2, 0.25) is 0 Å². The summed E-state index contributed by atoms with van der Waals surface area (Å²) in [5.41, 5.74) is 7.11. The molecule has 2 N–H and O–H groups in total. The van der Waals surface area contributed by atoms with Gasteiger partial charge in [-0.3, -0.25) is 4.79 Å². The van der Waals surface area contributed by atoms with Crippen LogP contribution in [0, 0.1) is 0 Å². The van der Waals surface area contributed by atoms with Crippen LogP contribution in [0.3, 0.4) is 0 Å². The number of nitrogens with two attached hydrogens (primary N) is 1. The first kappa shape index (κ1) is 17.9. The highest BCUT2D eigenvalue weighted by atomic mass is 35.5. The Morgan fingerprint density at radius 1 is 1.16 bits per heavy atom. The maximum Gasteiger partial charge on any atom is 0.224 e. The molecule has 1 rings (SSSR count). The van der Waals surface area contributed by atoms with Crippen LogP contribution >= 0.6 is 12.4 Å². The molecule has 1 aromatic rings. The van der Waals surface area contributed by atoms with E-state index < -0.39 is 0 Å². The van der Waals surface area contributed by atoms with Crippen molar-refractivity contribution in [1.29, 1.82) is 0 Å². The van der Waals surface area contributed by atoms with Crippen LogP contribution in [0.1, 0.15) is 44.7 Å². The van der Waals surface area contributed by atoms with Gasteiger partial charge in [0.1, 0.15) is 0 Å². The van der Waals surface area contributed by atoms with Gasteiger partial charge in [-0.1, -0.05) is 44.2 Å². The number of halogens is 1. The molecule has 3 nitrogen and oxygen atoms in total. The van der Waals surface area contributed by atoms with Crippen molar-refractivity contribution in [2.45, 2.75) is 39.2 Å². The molecule has 0 aliphatic carbocycles. The Kier molecular flexibility index (Phi) is 9.27. The Balaban J connectivity index is 0.00000324. The summed E-state index contributed by atoms with van der Waals surface area (Å²) in [6, 6.07) is 9.61. The second kappa shape index (κ2) is 9.82. The molecule has 0 saturated heterocycles. The van der Waals surface area contributed by atoms with E-state index in [1.165, 1.54) is 0 Å². The predicted molar refractivity (Wildman–Crippen MR) is 82.4 cm³/mol. The third-order valence-corrected chi connectivity index (χ3v) is 2.96. The zero-order valence-corrected chi connectivity index (χ0v) is 12.7. The van der Waals surface area contributed by atoms with Gasteiger partial charge < -0.3 is 10.6 Å². The average molecular weight is 285 g/mol. The molecule has 0 saturated carbocycles. The van der Waals surface area contributed by atoms with Crippen LogP contribution in [-0.2, 0) is 4.79 Å². The summed E-state index contributed by atoms with van der Waals surface area (Å²) in [4.78, 5) is 14.1. The lowest BCUT2D eigenvalue weighted by Crippen LogP contribution is -2.34. The van der Waals surface area contributed by atoms with Gasteiger partial charge in [0.05, 0.1) is 0 Å². The second-order valence-corrected chi connectivity index (χ2v) is 4.60. The number of hydrogen-bond donors (Lipinski definition) is 1. The van der Waals surface area contributed by atoms with Crippen molar-refractivity contribution in [1.82, 2.24) is 4.90 Å². The van der Waals surface area contributed by atoms with E-state index in [2.05, 4.69) is 13.8 Å². The smallest absolute Gasteiger partial charge is 0.224 e. The highest BCUT2D eigenvalue weighted by Crippen LogP contribution is 2.15. The van der Waals surface area contributed by atoms with Gasteiger partial charge in [-0.2, -0.15) is 0 Å². The van der Waals surface area contributed by atoms with E-state index in [-0.39, 0.29) is 24.4 Å². The number of amides is 1. The molecule has 0 fully saturated rings. The van der Waals surface area contributed by atoms with Gasteiger partial charge in [0.2, 0.25) is 5.91 Å². The molecule has 0 aromatic heterocycles. The minimum Gasteiger partial charge on any atom is -0.343 e. The fourth-order valence-electron chi connectivity index (χ4n) is 2.04. The highest BCUT2D eigenvalue weighted by molar-refractivity contribution is 5.85. The van der Waals surface area contributed by atoms with Gasteiger partial charge in [-0.25, -0.2) is 0 Å². The third kappa shape index (κ3) is 6.08. The Labute approximate surface area is 122 Å². The molecule has 0 bridgehead atoms. The summed E-state index contributed by atoms with van der Waals surface area (Å²) in [6.45, 7) is 5.84. The maximum atomic E-state index is 12.2. The van der Waals surface area contributed by atoms with Crippen molar-refractivity contribution in [3.8, 4) is 0 Å². The maximum absolute atomic E-state index is 12.2. The SMILES string of the molecule is CCCN(CCC)C(=O)CC(N)c1ccccc1.Cl. The topological polar surface area (TPSA) is 46.3 Å². The van der Waals surface area contributed by atoms with Gasteiger partial charge in [-0.15, -0.1) is 12.4 Å². The van der Waals surface area contributed by atoms with Crippen molar-refractivity contribution >= 4 is 18.3 Å². The monoisotopic (exact) mass is 284 g/mol. The minimum atomic E-state index is -0.199. The van der Waals surface area contributed by atoms with E-state index in [1.54, 1.807) is 0 Å². The average Bonchev–Trinajstić information content (AvgIpc) is 2.39. The summed E-state index contributed by atoms with van der Waals surface area (Å²) in [7, 11) is 0. The predicted octanol–water partition coefficient (Wildman–Crippen LogP) is 3.15. The van der Waals surface area contributed by atoms with Gasteiger partial charge in [0.25, 0.3) is 0 Å². The molecular formula is C15H25ClN2O. The first-order valence-electron chi connectivity index (χ1n) is 6.77. The Morgan fingerprint density at radius 2 is 1.68 bits per heavy atom. The lowest BCUT2D eigenvalue weighted by Gasteiger charge is -2.23. The fourth-order valence-corrected chi connectivity index (χ4v) is 2.04. The summed E-state index contributed by atoms with van der Waals surface area (Å²) in [5, 5.41) is 0. The van der Waals surface area contributed by atoms with Crippen molar-refractivity contribution in [3.63, 3.8) is 0 Å². The Bertz CT molecular complexity index is 350. The molecule has 108 valence electrons. The van der Waals surface area contributed by atoms with Crippen LogP contribution in [0.15, 0.2) is 30.3 Å².